The number of fused-ring (bicyclic) bond motifs is 25. The number of rotatable bonds is 3. The first-order valence-corrected chi connectivity index (χ1v) is 26.5. The number of nitrogens with zero attached hydrogens (tertiary/aromatic N) is 4. The summed E-state index contributed by atoms with van der Waals surface area (Å²) in [5.41, 5.74) is 24.1. The molecule has 5 nitrogen and oxygen atoms in total. The normalized spacial score (nSPS) is 15.5. The number of hydrogen-bond acceptors (Lipinski definition) is 3. The van der Waals surface area contributed by atoms with E-state index in [0.29, 0.717) is 0 Å². The molecule has 0 N–H and O–H groups in total. The van der Waals surface area contributed by atoms with Crippen molar-refractivity contribution < 1.29 is 4.74 Å². The van der Waals surface area contributed by atoms with Gasteiger partial charge in [-0.1, -0.05) is 164 Å². The Morgan fingerprint density at radius 3 is 1.47 bits per heavy atom. The number of benzene rings is 10. The SMILES string of the molecule is c1ccc(-n2c3ccccc3c3cc(-c4ccc5c(c4)c4ccccc4n5-c4cnc5c(c4)C4(c6ccccc6Oc6cc7c(cc64)-c4ccccc4C74c6ccccc6-c6ccccc64)c4cccnc4-5)ccc32)cc1. The summed E-state index contributed by atoms with van der Waals surface area (Å²) in [5.74, 6) is 1.67. The van der Waals surface area contributed by atoms with Crippen LogP contribution in [0.5, 0.6) is 11.5 Å². The first-order valence-electron chi connectivity index (χ1n) is 26.5. The highest BCUT2D eigenvalue weighted by molar-refractivity contribution is 6.13. The minimum absolute atomic E-state index is 0.519. The van der Waals surface area contributed by atoms with Gasteiger partial charge in [0.1, 0.15) is 11.5 Å². The topological polar surface area (TPSA) is 44.9 Å². The zero-order chi connectivity index (χ0) is 50.1. The summed E-state index contributed by atoms with van der Waals surface area (Å²) in [5, 5.41) is 4.84. The largest absolute Gasteiger partial charge is 0.457 e. The van der Waals surface area contributed by atoms with Crippen LogP contribution in [-0.2, 0) is 10.8 Å². The monoisotopic (exact) mass is 978 g/mol. The van der Waals surface area contributed by atoms with Gasteiger partial charge in [0.2, 0.25) is 0 Å². The van der Waals surface area contributed by atoms with Gasteiger partial charge >= 0.3 is 0 Å². The minimum atomic E-state index is -0.814. The Hall–Kier alpha value is -10.1. The molecular weight excluding hydrogens is 937 g/mol. The van der Waals surface area contributed by atoms with E-state index in [4.69, 9.17) is 14.7 Å². The molecule has 4 aliphatic rings. The van der Waals surface area contributed by atoms with Crippen LogP contribution in [0.15, 0.2) is 255 Å². The molecule has 5 heterocycles. The van der Waals surface area contributed by atoms with Gasteiger partial charge in [-0.25, -0.2) is 0 Å². The van der Waals surface area contributed by atoms with Crippen LogP contribution in [0.1, 0.15) is 44.5 Å². The molecule has 18 rings (SSSR count). The molecule has 0 saturated carbocycles. The Balaban J connectivity index is 0.857. The second-order valence-electron chi connectivity index (χ2n) is 21.1. The van der Waals surface area contributed by atoms with Crippen LogP contribution in [0.25, 0.3) is 99.8 Å². The average molecular weight is 979 g/mol. The molecule has 10 aromatic carbocycles. The standard InChI is InChI=1S/C72H42N4O/c1-2-17-45(18-3-1)75-63-29-13-7-22-50(63)53-37-43(32-34-65(53)75)44-33-35-66-54(38-44)51-23-8-14-30-64(51)76(66)46-39-62-70(74-42-46)69-59(28-16-36-73-69)72(62)58-27-12-15-31-67(58)77-68-41-60-52(40-61(68)72)49-21-6-11-26-57(49)71(60)55-24-9-4-19-47(55)48-20-5-10-25-56(48)71/h1-42H. The van der Waals surface area contributed by atoms with Crippen LogP contribution < -0.4 is 4.74 Å². The van der Waals surface area contributed by atoms with Crippen molar-refractivity contribution in [2.45, 2.75) is 10.8 Å². The van der Waals surface area contributed by atoms with Crippen LogP contribution in [0.4, 0.5) is 0 Å². The van der Waals surface area contributed by atoms with Gasteiger partial charge in [-0.15, -0.1) is 0 Å². The van der Waals surface area contributed by atoms with Gasteiger partial charge in [0.15, 0.2) is 0 Å². The third kappa shape index (κ3) is 5.09. The summed E-state index contributed by atoms with van der Waals surface area (Å²) in [6.45, 7) is 0. The van der Waals surface area contributed by atoms with E-state index in [1.165, 1.54) is 88.2 Å². The van der Waals surface area contributed by atoms with Gasteiger partial charge in [-0.05, 0) is 140 Å². The maximum Gasteiger partial charge on any atom is 0.132 e. The quantitative estimate of drug-likeness (QED) is 0.177. The second kappa shape index (κ2) is 14.8. The number of aromatic nitrogens is 4. The number of hydrogen-bond donors (Lipinski definition) is 0. The van der Waals surface area contributed by atoms with Gasteiger partial charge in [0, 0.05) is 50.1 Å². The fraction of sp³-hybridized carbons (Fsp3) is 0.0278. The molecule has 1 unspecified atom stereocenters. The van der Waals surface area contributed by atoms with E-state index in [1.807, 2.05) is 6.20 Å². The Bertz CT molecular complexity index is 4880. The summed E-state index contributed by atoms with van der Waals surface area (Å²) >= 11 is 0. The van der Waals surface area contributed by atoms with Crippen molar-refractivity contribution in [2.75, 3.05) is 0 Å². The lowest BCUT2D eigenvalue weighted by atomic mass is 9.65. The fourth-order valence-corrected chi connectivity index (χ4v) is 14.7. The van der Waals surface area contributed by atoms with Gasteiger partial charge < -0.3 is 13.9 Å². The Labute approximate surface area is 443 Å². The molecular formula is C72H42N4O. The molecule has 1 atom stereocenters. The highest BCUT2D eigenvalue weighted by atomic mass is 16.5. The summed E-state index contributed by atoms with van der Waals surface area (Å²) in [7, 11) is 0. The van der Waals surface area contributed by atoms with Crippen molar-refractivity contribution in [1.29, 1.82) is 0 Å². The van der Waals surface area contributed by atoms with Crippen molar-refractivity contribution in [2.24, 2.45) is 0 Å². The number of ether oxygens (including phenoxy) is 1. The zero-order valence-corrected chi connectivity index (χ0v) is 41.4. The molecule has 5 heteroatoms. The molecule has 0 saturated heterocycles. The van der Waals surface area contributed by atoms with Crippen molar-refractivity contribution in [3.8, 4) is 67.6 Å². The predicted octanol–water partition coefficient (Wildman–Crippen LogP) is 17.2. The Morgan fingerprint density at radius 1 is 0.299 bits per heavy atom. The smallest absolute Gasteiger partial charge is 0.132 e. The molecule has 14 aromatic rings. The van der Waals surface area contributed by atoms with E-state index in [9.17, 15) is 0 Å². The lowest BCUT2D eigenvalue weighted by Gasteiger charge is -2.40. The third-order valence-corrected chi connectivity index (χ3v) is 17.7. The predicted molar refractivity (Wildman–Crippen MR) is 310 cm³/mol. The molecule has 4 aromatic heterocycles. The van der Waals surface area contributed by atoms with Gasteiger partial charge in [0.05, 0.1) is 56.2 Å². The van der Waals surface area contributed by atoms with Crippen LogP contribution in [0.3, 0.4) is 0 Å². The van der Waals surface area contributed by atoms with Crippen molar-refractivity contribution in [3.63, 3.8) is 0 Å². The molecule has 77 heavy (non-hydrogen) atoms. The molecule has 0 radical (unpaired) electrons. The van der Waals surface area contributed by atoms with Crippen LogP contribution in [0, 0.1) is 0 Å². The Kier molecular flexibility index (Phi) is 7.94. The highest BCUT2D eigenvalue weighted by Crippen LogP contribution is 2.67. The molecule has 0 bridgehead atoms. The van der Waals surface area contributed by atoms with Crippen LogP contribution in [-0.4, -0.2) is 19.1 Å². The molecule has 0 amide bonds. The highest BCUT2D eigenvalue weighted by Gasteiger charge is 2.56. The van der Waals surface area contributed by atoms with Crippen molar-refractivity contribution in [3.05, 3.63) is 300 Å². The molecule has 2 spiro atoms. The van der Waals surface area contributed by atoms with E-state index in [0.717, 1.165) is 67.5 Å². The van der Waals surface area contributed by atoms with E-state index in [1.54, 1.807) is 0 Å². The molecule has 3 aliphatic carbocycles. The first-order chi connectivity index (χ1) is 38.2. The van der Waals surface area contributed by atoms with Gasteiger partial charge in [0.25, 0.3) is 0 Å². The van der Waals surface area contributed by atoms with Crippen molar-refractivity contribution in [1.82, 2.24) is 19.1 Å². The maximum absolute atomic E-state index is 7.28. The van der Waals surface area contributed by atoms with E-state index < -0.39 is 10.8 Å². The van der Waals surface area contributed by atoms with E-state index >= 15 is 0 Å². The lowest BCUT2D eigenvalue weighted by molar-refractivity contribution is 0.435. The van der Waals surface area contributed by atoms with Gasteiger partial charge in [-0.2, -0.15) is 0 Å². The van der Waals surface area contributed by atoms with Crippen molar-refractivity contribution >= 4 is 43.6 Å². The lowest BCUT2D eigenvalue weighted by Crippen LogP contribution is -2.33. The summed E-state index contributed by atoms with van der Waals surface area (Å²) in [4.78, 5) is 10.7. The maximum atomic E-state index is 7.28. The summed E-state index contributed by atoms with van der Waals surface area (Å²) in [6.07, 6.45) is 3.96. The molecule has 1 aliphatic heterocycles. The fourth-order valence-electron chi connectivity index (χ4n) is 14.7. The van der Waals surface area contributed by atoms with Crippen LogP contribution in [0.2, 0.25) is 0 Å². The van der Waals surface area contributed by atoms with E-state index in [-0.39, 0.29) is 0 Å². The first kappa shape index (κ1) is 41.3. The zero-order valence-electron chi connectivity index (χ0n) is 41.4. The minimum Gasteiger partial charge on any atom is -0.457 e. The second-order valence-corrected chi connectivity index (χ2v) is 21.1. The molecule has 0 fully saturated rings. The number of pyridine rings is 2. The Morgan fingerprint density at radius 2 is 0.805 bits per heavy atom. The summed E-state index contributed by atoms with van der Waals surface area (Å²) < 4.78 is 12.1. The summed E-state index contributed by atoms with van der Waals surface area (Å²) in [6, 6.07) is 89.4. The van der Waals surface area contributed by atoms with Crippen LogP contribution >= 0.6 is 0 Å². The van der Waals surface area contributed by atoms with Gasteiger partial charge in [-0.3, -0.25) is 9.97 Å². The van der Waals surface area contributed by atoms with E-state index in [2.05, 4.69) is 258 Å². The average Bonchev–Trinajstić information content (AvgIpc) is 3.93. The number of para-hydroxylation sites is 4. The third-order valence-electron chi connectivity index (χ3n) is 17.7. The molecule has 356 valence electrons.